The van der Waals surface area contributed by atoms with Gasteiger partial charge in [-0.2, -0.15) is 0 Å². The Morgan fingerprint density at radius 1 is 1.31 bits per heavy atom. The highest BCUT2D eigenvalue weighted by atomic mass is 16.3. The Balaban J connectivity index is 1.53. The van der Waals surface area contributed by atoms with Gasteiger partial charge in [-0.05, 0) is 30.7 Å². The summed E-state index contributed by atoms with van der Waals surface area (Å²) in [5.74, 6) is 0.218. The number of carbonyl (C=O) groups is 1. The average molecular weight is 354 g/mol. The summed E-state index contributed by atoms with van der Waals surface area (Å²) in [5.41, 5.74) is 1.51. The van der Waals surface area contributed by atoms with Crippen LogP contribution in [-0.2, 0) is 6.54 Å². The Morgan fingerprint density at radius 2 is 2.04 bits per heavy atom. The van der Waals surface area contributed by atoms with Gasteiger partial charge in [0.25, 0.3) is 5.91 Å². The molecule has 1 aliphatic heterocycles. The molecule has 2 aromatic rings. The maximum Gasteiger partial charge on any atom is 0.276 e. The quantitative estimate of drug-likeness (QED) is 0.866. The SMILES string of the molecule is CCC(O)C1CCN(C(=O)c2cn(C/C=C/c3ccccc3)nn2)CC1. The molecule has 0 saturated carbocycles. The van der Waals surface area contributed by atoms with Crippen molar-refractivity contribution in [1.82, 2.24) is 19.9 Å². The van der Waals surface area contributed by atoms with Crippen molar-refractivity contribution in [3.8, 4) is 0 Å². The zero-order valence-electron chi connectivity index (χ0n) is 15.2. The number of piperidine rings is 1. The van der Waals surface area contributed by atoms with E-state index < -0.39 is 0 Å². The number of benzene rings is 1. The minimum Gasteiger partial charge on any atom is -0.393 e. The molecular formula is C20H26N4O2. The van der Waals surface area contributed by atoms with Gasteiger partial charge in [-0.1, -0.05) is 54.6 Å². The Labute approximate surface area is 154 Å². The third-order valence-corrected chi connectivity index (χ3v) is 4.95. The molecule has 1 amide bonds. The summed E-state index contributed by atoms with van der Waals surface area (Å²) >= 11 is 0. The molecule has 1 aromatic heterocycles. The van der Waals surface area contributed by atoms with Gasteiger partial charge < -0.3 is 10.0 Å². The lowest BCUT2D eigenvalue weighted by Crippen LogP contribution is -2.41. The van der Waals surface area contributed by atoms with Gasteiger partial charge in [-0.25, -0.2) is 4.68 Å². The molecule has 26 heavy (non-hydrogen) atoms. The number of amides is 1. The summed E-state index contributed by atoms with van der Waals surface area (Å²) in [6, 6.07) is 10.0. The van der Waals surface area contributed by atoms with Crippen molar-refractivity contribution >= 4 is 12.0 Å². The van der Waals surface area contributed by atoms with Crippen molar-refractivity contribution in [3.05, 3.63) is 53.9 Å². The van der Waals surface area contributed by atoms with Crippen LogP contribution in [0, 0.1) is 5.92 Å². The van der Waals surface area contributed by atoms with E-state index in [-0.39, 0.29) is 12.0 Å². The zero-order valence-corrected chi connectivity index (χ0v) is 15.2. The maximum atomic E-state index is 12.6. The molecular weight excluding hydrogens is 328 g/mol. The highest BCUT2D eigenvalue weighted by Gasteiger charge is 2.28. The lowest BCUT2D eigenvalue weighted by atomic mass is 9.90. The van der Waals surface area contributed by atoms with Gasteiger partial charge in [0.05, 0.1) is 18.8 Å². The topological polar surface area (TPSA) is 71.2 Å². The lowest BCUT2D eigenvalue weighted by molar-refractivity contribution is 0.0450. The van der Waals surface area contributed by atoms with Gasteiger partial charge in [-0.15, -0.1) is 5.10 Å². The first kappa shape index (κ1) is 18.3. The molecule has 6 heteroatoms. The number of hydrogen-bond donors (Lipinski definition) is 1. The summed E-state index contributed by atoms with van der Waals surface area (Å²) < 4.78 is 1.67. The molecule has 1 aliphatic rings. The first-order chi connectivity index (χ1) is 12.7. The molecule has 1 saturated heterocycles. The van der Waals surface area contributed by atoms with E-state index in [2.05, 4.69) is 10.3 Å². The van der Waals surface area contributed by atoms with E-state index in [0.29, 0.717) is 31.2 Å². The van der Waals surface area contributed by atoms with Crippen LogP contribution in [0.15, 0.2) is 42.6 Å². The van der Waals surface area contributed by atoms with Crippen molar-refractivity contribution in [3.63, 3.8) is 0 Å². The fraction of sp³-hybridized carbons (Fsp3) is 0.450. The van der Waals surface area contributed by atoms with Gasteiger partial charge in [0.1, 0.15) is 0 Å². The van der Waals surface area contributed by atoms with Crippen LogP contribution in [0.1, 0.15) is 42.2 Å². The van der Waals surface area contributed by atoms with E-state index in [0.717, 1.165) is 24.8 Å². The van der Waals surface area contributed by atoms with E-state index in [1.54, 1.807) is 10.9 Å². The van der Waals surface area contributed by atoms with Crippen LogP contribution in [0.3, 0.4) is 0 Å². The van der Waals surface area contributed by atoms with Crippen LogP contribution in [-0.4, -0.2) is 50.1 Å². The van der Waals surface area contributed by atoms with E-state index in [1.165, 1.54) is 0 Å². The van der Waals surface area contributed by atoms with Gasteiger partial charge in [0.2, 0.25) is 0 Å². The number of nitrogens with zero attached hydrogens (tertiary/aromatic N) is 4. The lowest BCUT2D eigenvalue weighted by Gasteiger charge is -2.33. The van der Waals surface area contributed by atoms with Crippen LogP contribution in [0.25, 0.3) is 6.08 Å². The van der Waals surface area contributed by atoms with Gasteiger partial charge >= 0.3 is 0 Å². The predicted octanol–water partition coefficient (Wildman–Crippen LogP) is 2.61. The monoisotopic (exact) mass is 354 g/mol. The Hall–Kier alpha value is -2.47. The summed E-state index contributed by atoms with van der Waals surface area (Å²) in [5, 5.41) is 18.0. The summed E-state index contributed by atoms with van der Waals surface area (Å²) in [6.07, 6.45) is 7.91. The first-order valence-corrected chi connectivity index (χ1v) is 9.26. The summed E-state index contributed by atoms with van der Waals surface area (Å²) in [6.45, 7) is 3.90. The molecule has 1 N–H and O–H groups in total. The smallest absolute Gasteiger partial charge is 0.276 e. The van der Waals surface area contributed by atoms with Crippen LogP contribution in [0.4, 0.5) is 0 Å². The molecule has 2 heterocycles. The van der Waals surface area contributed by atoms with Crippen LogP contribution in [0.5, 0.6) is 0 Å². The Kier molecular flexibility index (Phi) is 6.17. The number of carbonyl (C=O) groups excluding carboxylic acids is 1. The van der Waals surface area contributed by atoms with Crippen molar-refractivity contribution in [2.24, 2.45) is 5.92 Å². The molecule has 0 radical (unpaired) electrons. The molecule has 1 atom stereocenters. The van der Waals surface area contributed by atoms with Gasteiger partial charge in [-0.3, -0.25) is 4.79 Å². The second-order valence-corrected chi connectivity index (χ2v) is 6.74. The average Bonchev–Trinajstić information content (AvgIpc) is 3.16. The molecule has 3 rings (SSSR count). The van der Waals surface area contributed by atoms with Crippen molar-refractivity contribution < 1.29 is 9.90 Å². The normalized spacial score (nSPS) is 16.9. The van der Waals surface area contributed by atoms with Crippen LogP contribution < -0.4 is 0 Å². The minimum atomic E-state index is -0.260. The minimum absolute atomic E-state index is 0.0762. The second kappa shape index (κ2) is 8.76. The van der Waals surface area contributed by atoms with Crippen LogP contribution >= 0.6 is 0 Å². The first-order valence-electron chi connectivity index (χ1n) is 9.26. The second-order valence-electron chi connectivity index (χ2n) is 6.74. The number of allylic oxidation sites excluding steroid dienone is 1. The number of hydrogen-bond acceptors (Lipinski definition) is 4. The third-order valence-electron chi connectivity index (χ3n) is 4.95. The van der Waals surface area contributed by atoms with E-state index in [1.807, 2.05) is 54.3 Å². The molecule has 6 nitrogen and oxygen atoms in total. The predicted molar refractivity (Wildman–Crippen MR) is 100 cm³/mol. The van der Waals surface area contributed by atoms with Crippen molar-refractivity contribution in [1.29, 1.82) is 0 Å². The summed E-state index contributed by atoms with van der Waals surface area (Å²) in [7, 11) is 0. The highest BCUT2D eigenvalue weighted by Crippen LogP contribution is 2.23. The molecule has 1 unspecified atom stereocenters. The maximum absolute atomic E-state index is 12.6. The third kappa shape index (κ3) is 4.58. The van der Waals surface area contributed by atoms with Crippen molar-refractivity contribution in [2.75, 3.05) is 13.1 Å². The van der Waals surface area contributed by atoms with E-state index in [4.69, 9.17) is 0 Å². The molecule has 1 fully saturated rings. The number of rotatable bonds is 6. The number of aliphatic hydroxyl groups excluding tert-OH is 1. The number of aliphatic hydroxyl groups is 1. The van der Waals surface area contributed by atoms with Crippen LogP contribution in [0.2, 0.25) is 0 Å². The molecule has 0 aliphatic carbocycles. The molecule has 1 aromatic carbocycles. The number of aromatic nitrogens is 3. The van der Waals surface area contributed by atoms with Gasteiger partial charge in [0, 0.05) is 13.1 Å². The largest absolute Gasteiger partial charge is 0.393 e. The summed E-state index contributed by atoms with van der Waals surface area (Å²) in [4.78, 5) is 14.4. The van der Waals surface area contributed by atoms with E-state index >= 15 is 0 Å². The fourth-order valence-corrected chi connectivity index (χ4v) is 3.33. The standard InChI is InChI=1S/C20H26N4O2/c1-2-19(25)17-10-13-23(14-11-17)20(26)18-15-24(22-21-18)12-6-9-16-7-4-3-5-8-16/h3-9,15,17,19,25H,2,10-14H2,1H3/b9-6+. The molecule has 0 spiro atoms. The van der Waals surface area contributed by atoms with E-state index in [9.17, 15) is 9.90 Å². The molecule has 138 valence electrons. The number of likely N-dealkylation sites (tertiary alicyclic amines) is 1. The molecule has 0 bridgehead atoms. The Morgan fingerprint density at radius 3 is 2.73 bits per heavy atom. The highest BCUT2D eigenvalue weighted by molar-refractivity contribution is 5.92. The van der Waals surface area contributed by atoms with Gasteiger partial charge in [0.15, 0.2) is 5.69 Å². The van der Waals surface area contributed by atoms with Crippen molar-refractivity contribution in [2.45, 2.75) is 38.8 Å². The fourth-order valence-electron chi connectivity index (χ4n) is 3.33. The zero-order chi connectivity index (χ0) is 18.4. The Bertz CT molecular complexity index is 733.